The van der Waals surface area contributed by atoms with Gasteiger partial charge in [-0.1, -0.05) is 0 Å². The molecule has 0 saturated heterocycles. The molecule has 1 aromatic rings. The molecule has 0 amide bonds. The van der Waals surface area contributed by atoms with Gasteiger partial charge in [-0.3, -0.25) is 4.79 Å². The van der Waals surface area contributed by atoms with E-state index in [0.29, 0.717) is 11.1 Å². The van der Waals surface area contributed by atoms with E-state index in [0.717, 1.165) is 0 Å². The first kappa shape index (κ1) is 9.07. The highest BCUT2D eigenvalue weighted by molar-refractivity contribution is 6.17. The zero-order chi connectivity index (χ0) is 9.14. The minimum absolute atomic E-state index is 0.0265. The van der Waals surface area contributed by atoms with Crippen LogP contribution in [0.2, 0.25) is 0 Å². The molecule has 0 heterocycles. The molecule has 1 aromatic carbocycles. The molecular weight excluding hydrogens is 176 g/mol. The average Bonchev–Trinajstić information content (AvgIpc) is 2.05. The summed E-state index contributed by atoms with van der Waals surface area (Å²) in [6.07, 6.45) is 0. The van der Waals surface area contributed by atoms with Crippen LogP contribution in [0.4, 0.5) is 0 Å². The average molecular weight is 185 g/mol. The van der Waals surface area contributed by atoms with Crippen LogP contribution in [0.5, 0.6) is 5.75 Å². The number of rotatable bonds is 2. The van der Waals surface area contributed by atoms with Crippen LogP contribution in [0.3, 0.4) is 0 Å². The second-order valence-electron chi connectivity index (χ2n) is 2.53. The quantitative estimate of drug-likeness (QED) is 0.566. The Hall–Kier alpha value is -1.02. The third-order valence-corrected chi connectivity index (χ3v) is 1.92. The number of ketones is 1. The van der Waals surface area contributed by atoms with E-state index in [1.54, 1.807) is 12.1 Å². The summed E-state index contributed by atoms with van der Waals surface area (Å²) in [6, 6.07) is 4.66. The molecule has 0 bridgehead atoms. The Balaban J connectivity index is 3.13. The molecule has 0 saturated carbocycles. The number of hydrogen-bond donors (Lipinski definition) is 1. The van der Waals surface area contributed by atoms with Crippen molar-refractivity contribution in [3.8, 4) is 5.75 Å². The molecule has 0 aromatic heterocycles. The Labute approximate surface area is 75.8 Å². The standard InChI is InChI=1S/C9H9ClO2/c1-6(11)7-2-3-9(12)8(4-7)5-10/h2-4,12H,5H2,1H3. The van der Waals surface area contributed by atoms with Gasteiger partial charge in [-0.15, -0.1) is 11.6 Å². The zero-order valence-corrected chi connectivity index (χ0v) is 7.43. The highest BCUT2D eigenvalue weighted by atomic mass is 35.5. The number of carbonyl (C=O) groups excluding carboxylic acids is 1. The number of aromatic hydroxyl groups is 1. The molecule has 0 atom stereocenters. The molecule has 64 valence electrons. The van der Waals surface area contributed by atoms with Gasteiger partial charge in [-0.25, -0.2) is 0 Å². The molecule has 1 rings (SSSR count). The fourth-order valence-electron chi connectivity index (χ4n) is 0.912. The van der Waals surface area contributed by atoms with Gasteiger partial charge >= 0.3 is 0 Å². The lowest BCUT2D eigenvalue weighted by Gasteiger charge is -2.01. The molecule has 0 radical (unpaired) electrons. The van der Waals surface area contributed by atoms with Crippen LogP contribution < -0.4 is 0 Å². The maximum absolute atomic E-state index is 10.9. The Bertz CT molecular complexity index is 307. The van der Waals surface area contributed by atoms with E-state index in [-0.39, 0.29) is 17.4 Å². The van der Waals surface area contributed by atoms with Crippen molar-refractivity contribution in [2.24, 2.45) is 0 Å². The Morgan fingerprint density at radius 1 is 1.58 bits per heavy atom. The van der Waals surface area contributed by atoms with Crippen molar-refractivity contribution in [1.29, 1.82) is 0 Å². The number of phenolic OH excluding ortho intramolecular Hbond substituents is 1. The summed E-state index contributed by atoms with van der Waals surface area (Å²) in [5.41, 5.74) is 1.16. The third kappa shape index (κ3) is 1.77. The van der Waals surface area contributed by atoms with Gasteiger partial charge in [0.1, 0.15) is 5.75 Å². The topological polar surface area (TPSA) is 37.3 Å². The summed E-state index contributed by atoms with van der Waals surface area (Å²) in [5, 5.41) is 9.22. The lowest BCUT2D eigenvalue weighted by molar-refractivity contribution is 0.101. The monoisotopic (exact) mass is 184 g/mol. The first-order valence-electron chi connectivity index (χ1n) is 3.54. The van der Waals surface area contributed by atoms with Gasteiger partial charge in [0.25, 0.3) is 0 Å². The van der Waals surface area contributed by atoms with E-state index in [4.69, 9.17) is 11.6 Å². The highest BCUT2D eigenvalue weighted by Gasteiger charge is 2.03. The van der Waals surface area contributed by atoms with Crippen LogP contribution in [0.15, 0.2) is 18.2 Å². The van der Waals surface area contributed by atoms with Crippen molar-refractivity contribution in [3.05, 3.63) is 29.3 Å². The number of Topliss-reactive ketones (excluding diaryl/α,β-unsaturated/α-hetero) is 1. The van der Waals surface area contributed by atoms with E-state index < -0.39 is 0 Å². The van der Waals surface area contributed by atoms with Crippen LogP contribution in [-0.2, 0) is 5.88 Å². The van der Waals surface area contributed by atoms with Gasteiger partial charge in [-0.2, -0.15) is 0 Å². The van der Waals surface area contributed by atoms with Gasteiger partial charge in [0.2, 0.25) is 0 Å². The van der Waals surface area contributed by atoms with Gasteiger partial charge in [0.15, 0.2) is 5.78 Å². The molecule has 0 spiro atoms. The third-order valence-electron chi connectivity index (χ3n) is 1.63. The van der Waals surface area contributed by atoms with Crippen molar-refractivity contribution in [1.82, 2.24) is 0 Å². The first-order valence-corrected chi connectivity index (χ1v) is 4.07. The summed E-state index contributed by atoms with van der Waals surface area (Å²) >= 11 is 5.54. The van der Waals surface area contributed by atoms with E-state index in [1.807, 2.05) is 0 Å². The number of phenols is 1. The number of hydrogen-bond acceptors (Lipinski definition) is 2. The van der Waals surface area contributed by atoms with E-state index in [2.05, 4.69) is 0 Å². The summed E-state index contributed by atoms with van der Waals surface area (Å²) < 4.78 is 0. The Kier molecular flexibility index (Phi) is 2.71. The number of benzene rings is 1. The lowest BCUT2D eigenvalue weighted by atomic mass is 10.1. The van der Waals surface area contributed by atoms with Crippen LogP contribution in [0.25, 0.3) is 0 Å². The molecule has 0 aliphatic rings. The molecule has 3 heteroatoms. The van der Waals surface area contributed by atoms with Crippen LogP contribution >= 0.6 is 11.6 Å². The molecule has 0 fully saturated rings. The van der Waals surface area contributed by atoms with Gasteiger partial charge in [0.05, 0.1) is 5.88 Å². The molecule has 2 nitrogen and oxygen atoms in total. The summed E-state index contributed by atoms with van der Waals surface area (Å²) in [6.45, 7) is 1.48. The smallest absolute Gasteiger partial charge is 0.159 e. The van der Waals surface area contributed by atoms with Crippen molar-refractivity contribution in [2.75, 3.05) is 0 Å². The molecule has 12 heavy (non-hydrogen) atoms. The van der Waals surface area contributed by atoms with E-state index in [1.165, 1.54) is 13.0 Å². The molecule has 0 unspecified atom stereocenters. The largest absolute Gasteiger partial charge is 0.508 e. The highest BCUT2D eigenvalue weighted by Crippen LogP contribution is 2.20. The van der Waals surface area contributed by atoms with Gasteiger partial charge < -0.3 is 5.11 Å². The zero-order valence-electron chi connectivity index (χ0n) is 6.67. The molecule has 1 N–H and O–H groups in total. The predicted molar refractivity (Wildman–Crippen MR) is 47.7 cm³/mol. The number of carbonyl (C=O) groups is 1. The maximum Gasteiger partial charge on any atom is 0.159 e. The molecular formula is C9H9ClO2. The summed E-state index contributed by atoms with van der Waals surface area (Å²) in [7, 11) is 0. The Morgan fingerprint density at radius 3 is 2.75 bits per heavy atom. The summed E-state index contributed by atoms with van der Waals surface area (Å²) in [4.78, 5) is 10.9. The summed E-state index contributed by atoms with van der Waals surface area (Å²) in [5.74, 6) is 0.323. The predicted octanol–water partition coefficient (Wildman–Crippen LogP) is 2.33. The second kappa shape index (κ2) is 3.59. The van der Waals surface area contributed by atoms with Gasteiger partial charge in [0, 0.05) is 11.1 Å². The fraction of sp³-hybridized carbons (Fsp3) is 0.222. The van der Waals surface area contributed by atoms with Crippen LogP contribution in [0.1, 0.15) is 22.8 Å². The minimum Gasteiger partial charge on any atom is -0.508 e. The first-order chi connectivity index (χ1) is 5.65. The van der Waals surface area contributed by atoms with Crippen molar-refractivity contribution in [3.63, 3.8) is 0 Å². The fourth-order valence-corrected chi connectivity index (χ4v) is 1.13. The Morgan fingerprint density at radius 2 is 2.25 bits per heavy atom. The van der Waals surface area contributed by atoms with Crippen molar-refractivity contribution >= 4 is 17.4 Å². The van der Waals surface area contributed by atoms with E-state index in [9.17, 15) is 9.90 Å². The lowest BCUT2D eigenvalue weighted by Crippen LogP contribution is -1.92. The number of halogens is 1. The molecule has 0 aliphatic carbocycles. The van der Waals surface area contributed by atoms with Crippen molar-refractivity contribution < 1.29 is 9.90 Å². The van der Waals surface area contributed by atoms with Crippen LogP contribution in [-0.4, -0.2) is 10.9 Å². The van der Waals surface area contributed by atoms with Crippen LogP contribution in [0, 0.1) is 0 Å². The van der Waals surface area contributed by atoms with Crippen molar-refractivity contribution in [2.45, 2.75) is 12.8 Å². The maximum atomic E-state index is 10.9. The van der Waals surface area contributed by atoms with E-state index >= 15 is 0 Å². The minimum atomic E-state index is -0.0265. The normalized spacial score (nSPS) is 9.83. The number of alkyl halides is 1. The second-order valence-corrected chi connectivity index (χ2v) is 2.80. The molecule has 0 aliphatic heterocycles. The van der Waals surface area contributed by atoms with Gasteiger partial charge in [-0.05, 0) is 25.1 Å². The SMILES string of the molecule is CC(=O)c1ccc(O)c(CCl)c1.